The first-order valence-electron chi connectivity index (χ1n) is 7.62. The zero-order valence-corrected chi connectivity index (χ0v) is 13.2. The minimum absolute atomic E-state index is 0.145. The maximum atomic E-state index is 14.4. The Kier molecular flexibility index (Phi) is 3.79. The lowest BCUT2D eigenvalue weighted by molar-refractivity contribution is -0.313. The van der Waals surface area contributed by atoms with Gasteiger partial charge < -0.3 is 4.74 Å². The number of rotatable bonds is 3. The van der Waals surface area contributed by atoms with E-state index in [2.05, 4.69) is 4.74 Å². The molecule has 0 unspecified atom stereocenters. The first-order valence-corrected chi connectivity index (χ1v) is 7.62. The van der Waals surface area contributed by atoms with Crippen LogP contribution in [0.1, 0.15) is 43.7 Å². The van der Waals surface area contributed by atoms with Crippen LogP contribution in [-0.2, 0) is 10.8 Å². The Labute approximate surface area is 135 Å². The van der Waals surface area contributed by atoms with Crippen molar-refractivity contribution in [1.29, 1.82) is 0 Å². The monoisotopic (exact) mass is 350 g/mol. The molecule has 132 valence electrons. The fourth-order valence-corrected chi connectivity index (χ4v) is 3.43. The van der Waals surface area contributed by atoms with Gasteiger partial charge in [0, 0.05) is 5.41 Å². The number of ether oxygens (including phenoxy) is 1. The summed E-state index contributed by atoms with van der Waals surface area (Å²) in [7, 11) is 0. The molecule has 1 saturated carbocycles. The summed E-state index contributed by atoms with van der Waals surface area (Å²) in [5.41, 5.74) is -4.62. The fraction of sp³-hybridized carbons (Fsp3) is 0.529. The first-order chi connectivity index (χ1) is 11.0. The summed E-state index contributed by atoms with van der Waals surface area (Å²) in [5.74, 6) is -5.63. The van der Waals surface area contributed by atoms with Crippen molar-refractivity contribution in [2.75, 3.05) is 0 Å². The van der Waals surface area contributed by atoms with E-state index in [-0.39, 0.29) is 31.2 Å². The molecular weight excluding hydrogens is 334 g/mol. The topological polar surface area (TPSA) is 9.23 Å². The molecule has 7 heteroatoms. The molecule has 1 aromatic rings. The molecule has 0 radical (unpaired) electrons. The molecule has 0 N–H and O–H groups in total. The molecule has 0 heterocycles. The van der Waals surface area contributed by atoms with Crippen molar-refractivity contribution in [3.63, 3.8) is 0 Å². The number of fused-ring (bicyclic) bond motifs is 2. The van der Waals surface area contributed by atoms with Gasteiger partial charge in [-0.25, -0.2) is 17.6 Å². The van der Waals surface area contributed by atoms with Gasteiger partial charge >= 0.3 is 6.11 Å². The molecular formula is C17H16F6O. The van der Waals surface area contributed by atoms with Crippen molar-refractivity contribution in [2.24, 2.45) is 5.41 Å². The SMILES string of the molecule is Cc1ccc(C(F)(F)OC23CCC(C)(CC2)C(F)=C3F)c(F)c1F. The first kappa shape index (κ1) is 17.3. The molecule has 3 aliphatic rings. The highest BCUT2D eigenvalue weighted by molar-refractivity contribution is 5.31. The number of benzene rings is 1. The van der Waals surface area contributed by atoms with Gasteiger partial charge in [-0.05, 0) is 44.2 Å². The number of halogens is 6. The minimum Gasteiger partial charge on any atom is -0.302 e. The highest BCUT2D eigenvalue weighted by Crippen LogP contribution is 2.59. The number of aryl methyl sites for hydroxylation is 1. The molecule has 4 rings (SSSR count). The van der Waals surface area contributed by atoms with Gasteiger partial charge in [-0.15, -0.1) is 0 Å². The standard InChI is InChI=1S/C17H16F6O/c1-9-3-4-10(12(19)11(9)18)17(22,23)24-16-7-5-15(2,6-8-16)13(20)14(16)21/h3-4H,5-8H2,1-2H3. The van der Waals surface area contributed by atoms with Gasteiger partial charge in [0.25, 0.3) is 0 Å². The average Bonchev–Trinajstić information content (AvgIpc) is 2.51. The highest BCUT2D eigenvalue weighted by Gasteiger charge is 2.58. The Hall–Kier alpha value is -1.50. The third-order valence-corrected chi connectivity index (χ3v) is 5.20. The zero-order chi connectivity index (χ0) is 17.9. The van der Waals surface area contributed by atoms with E-state index in [9.17, 15) is 26.3 Å². The van der Waals surface area contributed by atoms with Crippen LogP contribution >= 0.6 is 0 Å². The highest BCUT2D eigenvalue weighted by atomic mass is 19.3. The molecule has 0 spiro atoms. The third-order valence-electron chi connectivity index (χ3n) is 5.20. The van der Waals surface area contributed by atoms with Crippen LogP contribution in [0.3, 0.4) is 0 Å². The van der Waals surface area contributed by atoms with Crippen molar-refractivity contribution in [3.8, 4) is 0 Å². The van der Waals surface area contributed by atoms with Crippen molar-refractivity contribution < 1.29 is 31.1 Å². The molecule has 1 nitrogen and oxygen atoms in total. The second-order valence-corrected chi connectivity index (χ2v) is 6.86. The van der Waals surface area contributed by atoms with E-state index in [0.29, 0.717) is 6.07 Å². The lowest BCUT2D eigenvalue weighted by Gasteiger charge is -2.49. The van der Waals surface area contributed by atoms with Gasteiger partial charge in [-0.1, -0.05) is 13.0 Å². The van der Waals surface area contributed by atoms with Gasteiger partial charge in [0.05, 0.1) is 5.56 Å². The molecule has 0 aromatic heterocycles. The Morgan fingerprint density at radius 2 is 1.50 bits per heavy atom. The Bertz CT molecular complexity index is 716. The predicted octanol–water partition coefficient (Wildman–Crippen LogP) is 5.82. The van der Waals surface area contributed by atoms with E-state index in [1.165, 1.54) is 13.8 Å². The van der Waals surface area contributed by atoms with E-state index >= 15 is 0 Å². The molecule has 2 bridgehead atoms. The van der Waals surface area contributed by atoms with Crippen molar-refractivity contribution in [3.05, 3.63) is 46.5 Å². The lowest BCUT2D eigenvalue weighted by atomic mass is 9.63. The van der Waals surface area contributed by atoms with Crippen LogP contribution in [0.5, 0.6) is 0 Å². The fourth-order valence-electron chi connectivity index (χ4n) is 3.43. The third kappa shape index (κ3) is 2.36. The molecule has 24 heavy (non-hydrogen) atoms. The maximum Gasteiger partial charge on any atom is 0.387 e. The van der Waals surface area contributed by atoms with Crippen LogP contribution in [0, 0.1) is 24.0 Å². The van der Waals surface area contributed by atoms with Crippen LogP contribution in [0.25, 0.3) is 0 Å². The van der Waals surface area contributed by atoms with Crippen LogP contribution in [0.2, 0.25) is 0 Å². The smallest absolute Gasteiger partial charge is 0.302 e. The summed E-state index contributed by atoms with van der Waals surface area (Å²) >= 11 is 0. The molecule has 0 aliphatic heterocycles. The van der Waals surface area contributed by atoms with Crippen LogP contribution in [-0.4, -0.2) is 5.60 Å². The number of hydrogen-bond acceptors (Lipinski definition) is 1. The maximum absolute atomic E-state index is 14.4. The Morgan fingerprint density at radius 1 is 0.917 bits per heavy atom. The van der Waals surface area contributed by atoms with Gasteiger partial charge in [-0.2, -0.15) is 8.78 Å². The van der Waals surface area contributed by atoms with Crippen molar-refractivity contribution in [1.82, 2.24) is 0 Å². The minimum atomic E-state index is -4.29. The molecule has 1 aromatic carbocycles. The molecule has 0 saturated heterocycles. The number of alkyl halides is 2. The van der Waals surface area contributed by atoms with E-state index in [1.54, 1.807) is 0 Å². The summed E-state index contributed by atoms with van der Waals surface area (Å²) < 4.78 is 89.4. The van der Waals surface area contributed by atoms with E-state index < -0.39 is 46.0 Å². The largest absolute Gasteiger partial charge is 0.387 e. The Morgan fingerprint density at radius 3 is 2.08 bits per heavy atom. The molecule has 3 aliphatic carbocycles. The normalized spacial score (nSPS) is 30.2. The van der Waals surface area contributed by atoms with Crippen LogP contribution < -0.4 is 0 Å². The van der Waals surface area contributed by atoms with Crippen LogP contribution in [0.15, 0.2) is 23.8 Å². The van der Waals surface area contributed by atoms with Crippen molar-refractivity contribution in [2.45, 2.75) is 51.2 Å². The summed E-state index contributed by atoms with van der Waals surface area (Å²) in [6.07, 6.45) is -4.29. The predicted molar refractivity (Wildman–Crippen MR) is 74.6 cm³/mol. The molecule has 0 amide bonds. The van der Waals surface area contributed by atoms with Gasteiger partial charge in [-0.3, -0.25) is 0 Å². The lowest BCUT2D eigenvalue weighted by Crippen LogP contribution is -2.50. The molecule has 0 atom stereocenters. The second-order valence-electron chi connectivity index (χ2n) is 6.86. The second kappa shape index (κ2) is 5.25. The van der Waals surface area contributed by atoms with Crippen molar-refractivity contribution >= 4 is 0 Å². The average molecular weight is 350 g/mol. The van der Waals surface area contributed by atoms with E-state index in [0.717, 1.165) is 6.07 Å². The van der Waals surface area contributed by atoms with Gasteiger partial charge in [0.2, 0.25) is 0 Å². The summed E-state index contributed by atoms with van der Waals surface area (Å²) in [6.45, 7) is 2.75. The number of hydrogen-bond donors (Lipinski definition) is 0. The van der Waals surface area contributed by atoms with Gasteiger partial charge in [0.15, 0.2) is 17.5 Å². The Balaban J connectivity index is 2.00. The van der Waals surface area contributed by atoms with Gasteiger partial charge in [0.1, 0.15) is 11.4 Å². The zero-order valence-electron chi connectivity index (χ0n) is 13.2. The van der Waals surface area contributed by atoms with E-state index in [1.807, 2.05) is 0 Å². The summed E-state index contributed by atoms with van der Waals surface area (Å²) in [6, 6.07) is 1.67. The quantitative estimate of drug-likeness (QED) is 0.624. The van der Waals surface area contributed by atoms with Crippen LogP contribution in [0.4, 0.5) is 26.3 Å². The van der Waals surface area contributed by atoms with E-state index in [4.69, 9.17) is 0 Å². The number of allylic oxidation sites excluding steroid dienone is 1. The summed E-state index contributed by atoms with van der Waals surface area (Å²) in [5, 5.41) is 0. The molecule has 1 fully saturated rings. The summed E-state index contributed by atoms with van der Waals surface area (Å²) in [4.78, 5) is 0.